The maximum absolute atomic E-state index is 2.51. The Labute approximate surface area is 352 Å². The number of nitrogens with zero attached hydrogens (tertiary/aromatic N) is 2. The highest BCUT2D eigenvalue weighted by molar-refractivity contribution is 5.98. The Hall–Kier alpha value is -7.42. The Morgan fingerprint density at radius 1 is 0.350 bits per heavy atom. The third kappa shape index (κ3) is 4.76. The lowest BCUT2D eigenvalue weighted by Crippen LogP contribution is -2.36. The highest BCUT2D eigenvalue weighted by atomic mass is 15.2. The molecule has 0 unspecified atom stereocenters. The predicted octanol–water partition coefficient (Wildman–Crippen LogP) is 15.3. The second-order valence-electron chi connectivity index (χ2n) is 16.8. The molecule has 0 saturated carbocycles. The molecule has 1 spiro atoms. The largest absolute Gasteiger partial charge is 0.310 e. The zero-order chi connectivity index (χ0) is 40.0. The number of anilines is 6. The molecule has 9 aromatic carbocycles. The summed E-state index contributed by atoms with van der Waals surface area (Å²) in [5, 5.41) is 0. The molecule has 60 heavy (non-hydrogen) atoms. The van der Waals surface area contributed by atoms with Crippen molar-refractivity contribution in [1.29, 1.82) is 0 Å². The van der Waals surface area contributed by atoms with Crippen molar-refractivity contribution in [2.75, 3.05) is 9.80 Å². The summed E-state index contributed by atoms with van der Waals surface area (Å²) in [6.07, 6.45) is 0. The molecule has 0 fully saturated rings. The lowest BCUT2D eigenvalue weighted by Gasteiger charge is -2.45. The molecule has 284 valence electrons. The SMILES string of the molecule is CC1(C)c2ccccc2-c2ccc(N(c3ccc4c(c3)C3(c5ccccc5-4)c4ccccc4N(c4ccccc4)c4ccccc43)c3ccccc3-c3ccccc3)cc21. The van der Waals surface area contributed by atoms with Gasteiger partial charge in [-0.1, -0.05) is 178 Å². The molecule has 0 bridgehead atoms. The van der Waals surface area contributed by atoms with Crippen LogP contribution in [0.1, 0.15) is 47.2 Å². The second kappa shape index (κ2) is 13.0. The molecule has 0 radical (unpaired) electrons. The summed E-state index contributed by atoms with van der Waals surface area (Å²) >= 11 is 0. The molecule has 2 aliphatic carbocycles. The van der Waals surface area contributed by atoms with Crippen LogP contribution in [0, 0.1) is 0 Å². The van der Waals surface area contributed by atoms with Crippen LogP contribution in [0.5, 0.6) is 0 Å². The number of para-hydroxylation sites is 4. The van der Waals surface area contributed by atoms with Crippen LogP contribution in [0.2, 0.25) is 0 Å². The van der Waals surface area contributed by atoms with E-state index in [4.69, 9.17) is 0 Å². The van der Waals surface area contributed by atoms with Crippen molar-refractivity contribution in [2.24, 2.45) is 0 Å². The summed E-state index contributed by atoms with van der Waals surface area (Å²) in [6, 6.07) is 81.1. The molecule has 12 rings (SSSR count). The number of hydrogen-bond donors (Lipinski definition) is 0. The van der Waals surface area contributed by atoms with Crippen LogP contribution in [0.15, 0.2) is 218 Å². The van der Waals surface area contributed by atoms with E-state index in [1.807, 2.05) is 0 Å². The lowest BCUT2D eigenvalue weighted by molar-refractivity contribution is 0.660. The van der Waals surface area contributed by atoms with E-state index < -0.39 is 5.41 Å². The van der Waals surface area contributed by atoms with Gasteiger partial charge in [-0.3, -0.25) is 0 Å². The molecule has 2 heteroatoms. The van der Waals surface area contributed by atoms with Gasteiger partial charge >= 0.3 is 0 Å². The van der Waals surface area contributed by atoms with E-state index in [1.165, 1.54) is 78.1 Å². The first-order valence-electron chi connectivity index (χ1n) is 21.0. The fourth-order valence-electron chi connectivity index (χ4n) is 10.9. The minimum absolute atomic E-state index is 0.143. The topological polar surface area (TPSA) is 6.48 Å². The van der Waals surface area contributed by atoms with Gasteiger partial charge in [-0.25, -0.2) is 0 Å². The fraction of sp³-hybridized carbons (Fsp3) is 0.0690. The van der Waals surface area contributed by atoms with Gasteiger partial charge in [0, 0.05) is 28.0 Å². The molecule has 3 aliphatic rings. The first-order chi connectivity index (χ1) is 29.5. The van der Waals surface area contributed by atoms with Crippen LogP contribution in [-0.4, -0.2) is 0 Å². The van der Waals surface area contributed by atoms with E-state index in [2.05, 4.69) is 242 Å². The summed E-state index contributed by atoms with van der Waals surface area (Å²) in [7, 11) is 0. The Balaban J connectivity index is 1.14. The van der Waals surface area contributed by atoms with E-state index in [-0.39, 0.29) is 5.41 Å². The molecule has 0 saturated heterocycles. The number of hydrogen-bond acceptors (Lipinski definition) is 2. The van der Waals surface area contributed by atoms with Crippen LogP contribution in [0.25, 0.3) is 33.4 Å². The van der Waals surface area contributed by atoms with Crippen LogP contribution >= 0.6 is 0 Å². The summed E-state index contributed by atoms with van der Waals surface area (Å²) in [5.74, 6) is 0. The van der Waals surface area contributed by atoms with Gasteiger partial charge in [0.25, 0.3) is 0 Å². The molecule has 0 atom stereocenters. The van der Waals surface area contributed by atoms with Gasteiger partial charge in [0.1, 0.15) is 0 Å². The highest BCUT2D eigenvalue weighted by Gasteiger charge is 2.52. The minimum atomic E-state index is -0.563. The molecular weight excluding hydrogens is 725 g/mol. The van der Waals surface area contributed by atoms with E-state index >= 15 is 0 Å². The van der Waals surface area contributed by atoms with Gasteiger partial charge in [-0.15, -0.1) is 0 Å². The van der Waals surface area contributed by atoms with Gasteiger partial charge in [0.15, 0.2) is 0 Å². The zero-order valence-electron chi connectivity index (χ0n) is 33.7. The summed E-state index contributed by atoms with van der Waals surface area (Å²) in [6.45, 7) is 4.74. The van der Waals surface area contributed by atoms with Crippen molar-refractivity contribution in [3.8, 4) is 33.4 Å². The summed E-state index contributed by atoms with van der Waals surface area (Å²) in [4.78, 5) is 4.96. The van der Waals surface area contributed by atoms with Gasteiger partial charge < -0.3 is 9.80 Å². The third-order valence-electron chi connectivity index (χ3n) is 13.5. The van der Waals surface area contributed by atoms with Gasteiger partial charge in [-0.2, -0.15) is 0 Å². The monoisotopic (exact) mass is 766 g/mol. The molecule has 2 nitrogen and oxygen atoms in total. The summed E-state index contributed by atoms with van der Waals surface area (Å²) < 4.78 is 0. The van der Waals surface area contributed by atoms with Gasteiger partial charge in [0.05, 0.1) is 22.5 Å². The van der Waals surface area contributed by atoms with Crippen molar-refractivity contribution >= 4 is 34.1 Å². The summed E-state index contributed by atoms with van der Waals surface area (Å²) in [5.41, 5.74) is 21.7. The standard InChI is InChI=1S/C58H42N2/c1-57(2)48-26-12-9-24-44(48)46-35-33-41(37-52(46)57)59(54-30-16-11-23-43(54)39-19-5-3-6-20-39)42-34-36-47-45-25-10-13-27-49(45)58(53(47)38-42)50-28-14-17-31-55(50)60(40-21-7-4-8-22-40)56-32-18-15-29-51(56)58/h3-38H,1-2H3. The Bertz CT molecular complexity index is 3090. The minimum Gasteiger partial charge on any atom is -0.310 e. The normalized spacial score (nSPS) is 14.4. The maximum Gasteiger partial charge on any atom is 0.0755 e. The maximum atomic E-state index is 2.51. The quantitative estimate of drug-likeness (QED) is 0.172. The smallest absolute Gasteiger partial charge is 0.0755 e. The Kier molecular flexibility index (Phi) is 7.52. The molecule has 1 aliphatic heterocycles. The van der Waals surface area contributed by atoms with Gasteiger partial charge in [0.2, 0.25) is 0 Å². The van der Waals surface area contributed by atoms with E-state index in [0.717, 1.165) is 22.7 Å². The molecular formula is C58H42N2. The van der Waals surface area contributed by atoms with Crippen molar-refractivity contribution in [2.45, 2.75) is 24.7 Å². The number of benzene rings is 9. The van der Waals surface area contributed by atoms with E-state index in [9.17, 15) is 0 Å². The molecule has 0 amide bonds. The second-order valence-corrected chi connectivity index (χ2v) is 16.8. The Morgan fingerprint density at radius 2 is 0.800 bits per heavy atom. The van der Waals surface area contributed by atoms with Crippen LogP contribution in [-0.2, 0) is 10.8 Å². The molecule has 0 N–H and O–H groups in total. The zero-order valence-corrected chi connectivity index (χ0v) is 33.7. The molecule has 9 aromatic rings. The lowest BCUT2D eigenvalue weighted by atomic mass is 9.64. The van der Waals surface area contributed by atoms with Crippen LogP contribution < -0.4 is 9.80 Å². The predicted molar refractivity (Wildman–Crippen MR) is 250 cm³/mol. The molecule has 1 heterocycles. The van der Waals surface area contributed by atoms with Crippen molar-refractivity contribution in [1.82, 2.24) is 0 Å². The van der Waals surface area contributed by atoms with Crippen molar-refractivity contribution < 1.29 is 0 Å². The van der Waals surface area contributed by atoms with Crippen LogP contribution in [0.3, 0.4) is 0 Å². The highest BCUT2D eigenvalue weighted by Crippen LogP contribution is 2.64. The van der Waals surface area contributed by atoms with Crippen LogP contribution in [0.4, 0.5) is 34.1 Å². The van der Waals surface area contributed by atoms with Crippen molar-refractivity contribution in [3.05, 3.63) is 252 Å². The van der Waals surface area contributed by atoms with E-state index in [1.54, 1.807) is 0 Å². The fourth-order valence-corrected chi connectivity index (χ4v) is 10.9. The first kappa shape index (κ1) is 34.6. The third-order valence-corrected chi connectivity index (χ3v) is 13.5. The van der Waals surface area contributed by atoms with Gasteiger partial charge in [-0.05, 0) is 116 Å². The first-order valence-corrected chi connectivity index (χ1v) is 21.0. The number of rotatable bonds is 5. The van der Waals surface area contributed by atoms with Crippen molar-refractivity contribution in [3.63, 3.8) is 0 Å². The average Bonchev–Trinajstić information content (AvgIpc) is 3.72. The average molecular weight is 767 g/mol. The number of fused-ring (bicyclic) bond motifs is 12. The molecule has 0 aromatic heterocycles. The van der Waals surface area contributed by atoms with E-state index in [0.29, 0.717) is 0 Å². The Morgan fingerprint density at radius 3 is 1.45 bits per heavy atom.